The maximum atomic E-state index is 10.9. The van der Waals surface area contributed by atoms with Gasteiger partial charge < -0.3 is 5.32 Å². The summed E-state index contributed by atoms with van der Waals surface area (Å²) < 4.78 is 28.7. The Morgan fingerprint density at radius 3 is 2.68 bits per heavy atom. The summed E-state index contributed by atoms with van der Waals surface area (Å²) in [6.07, 6.45) is 1.52. The van der Waals surface area contributed by atoms with Gasteiger partial charge in [-0.2, -0.15) is 8.42 Å². The minimum absolute atomic E-state index is 0.152. The zero-order chi connectivity index (χ0) is 14.3. The van der Waals surface area contributed by atoms with Gasteiger partial charge in [0.05, 0.1) is 0 Å². The molecule has 0 aromatic carbocycles. The van der Waals surface area contributed by atoms with Gasteiger partial charge in [0.1, 0.15) is 5.82 Å². The van der Waals surface area contributed by atoms with Gasteiger partial charge in [-0.3, -0.25) is 9.98 Å². The first-order chi connectivity index (χ1) is 8.87. The third-order valence-electron chi connectivity index (χ3n) is 1.42. The number of carbonyl (C=O) groups excluding carboxylic acids is 1. The molecule has 0 bridgehead atoms. The smallest absolute Gasteiger partial charge is 0.314 e. The number of nitrogens with one attached hydrogen (secondary N) is 3. The second-order valence-electron chi connectivity index (χ2n) is 2.85. The minimum atomic E-state index is -4.55. The predicted octanol–water partition coefficient (Wildman–Crippen LogP) is 0.248. The van der Waals surface area contributed by atoms with E-state index in [1.807, 2.05) is 0 Å². The van der Waals surface area contributed by atoms with Crippen LogP contribution in [0.25, 0.3) is 0 Å². The quantitative estimate of drug-likeness (QED) is 0.271. The molecule has 0 saturated heterocycles. The molecule has 10 nitrogen and oxygen atoms in total. The summed E-state index contributed by atoms with van der Waals surface area (Å²) in [5, 5.41) is 8.74. The van der Waals surface area contributed by atoms with E-state index in [-0.39, 0.29) is 5.11 Å². The minimum Gasteiger partial charge on any atom is -0.314 e. The number of anilines is 1. The Labute approximate surface area is 113 Å². The van der Waals surface area contributed by atoms with Crippen LogP contribution in [0.4, 0.5) is 10.6 Å². The van der Waals surface area contributed by atoms with Gasteiger partial charge in [-0.1, -0.05) is 11.2 Å². The number of rotatable bonds is 3. The lowest BCUT2D eigenvalue weighted by Gasteiger charge is -2.01. The lowest BCUT2D eigenvalue weighted by atomic mass is 10.5. The van der Waals surface area contributed by atoms with Gasteiger partial charge >= 0.3 is 16.3 Å². The highest BCUT2D eigenvalue weighted by Crippen LogP contribution is 2.00. The molecule has 2 amide bonds. The van der Waals surface area contributed by atoms with Crippen LogP contribution in [0, 0.1) is 0 Å². The summed E-state index contributed by atoms with van der Waals surface area (Å²) in [5.41, 5.74) is 1.55. The van der Waals surface area contributed by atoms with E-state index in [9.17, 15) is 13.2 Å². The third-order valence-corrected chi connectivity index (χ3v) is 1.96. The molecule has 0 fully saturated rings. The van der Waals surface area contributed by atoms with Gasteiger partial charge in [0.15, 0.2) is 0 Å². The number of hydrogen-bond donors (Lipinski definition) is 4. The van der Waals surface area contributed by atoms with E-state index in [0.717, 1.165) is 0 Å². The predicted molar refractivity (Wildman–Crippen MR) is 68.5 cm³/mol. The van der Waals surface area contributed by atoms with Crippen molar-refractivity contribution < 1.29 is 17.8 Å². The summed E-state index contributed by atoms with van der Waals surface area (Å²) >= 11 is 4.73. The Bertz CT molecular complexity index is 587. The molecule has 1 aromatic rings. The van der Waals surface area contributed by atoms with Gasteiger partial charge in [-0.25, -0.2) is 9.78 Å². The third kappa shape index (κ3) is 7.10. The van der Waals surface area contributed by atoms with Gasteiger partial charge in [0.25, 0.3) is 0 Å². The molecule has 0 aliphatic heterocycles. The van der Waals surface area contributed by atoms with Crippen LogP contribution < -0.4 is 15.6 Å². The average Bonchev–Trinajstić information content (AvgIpc) is 2.34. The van der Waals surface area contributed by atoms with Crippen LogP contribution in [-0.4, -0.2) is 29.1 Å². The number of amides is 2. The summed E-state index contributed by atoms with van der Waals surface area (Å²) in [6, 6.07) is 3.85. The van der Waals surface area contributed by atoms with Crippen molar-refractivity contribution >= 4 is 39.5 Å². The molecular weight excluding hydrogens is 296 g/mol. The molecule has 0 unspecified atom stereocenters. The molecular formula is C7H8N6O4S2. The number of azo groups is 1. The molecule has 1 heterocycles. The second-order valence-corrected chi connectivity index (χ2v) is 4.39. The van der Waals surface area contributed by atoms with Crippen molar-refractivity contribution in [3.8, 4) is 0 Å². The number of carbonyl (C=O) groups is 1. The highest BCUT2D eigenvalue weighted by molar-refractivity contribution is 7.83. The van der Waals surface area contributed by atoms with E-state index in [4.69, 9.17) is 16.8 Å². The Hall–Kier alpha value is -2.02. The Balaban J connectivity index is 2.44. The number of pyridine rings is 1. The van der Waals surface area contributed by atoms with E-state index < -0.39 is 16.3 Å². The van der Waals surface area contributed by atoms with Crippen LogP contribution in [0.2, 0.25) is 0 Å². The standard InChI is InChI=1S/C7H8N6O4S2/c14-6(11-13-19(15,16)17)10-12-7(18)9-5-3-1-2-4-8-5/h1-4,13H,(H,11,14)(H,8,9,18)(H,15,16,17). The Morgan fingerprint density at radius 1 is 1.37 bits per heavy atom. The number of nitrogens with zero attached hydrogens (tertiary/aromatic N) is 3. The monoisotopic (exact) mass is 304 g/mol. The van der Waals surface area contributed by atoms with Gasteiger partial charge in [0.2, 0.25) is 5.11 Å². The highest BCUT2D eigenvalue weighted by Gasteiger charge is 2.05. The van der Waals surface area contributed by atoms with Crippen molar-refractivity contribution in [2.75, 3.05) is 5.32 Å². The average molecular weight is 304 g/mol. The molecule has 0 saturated carbocycles. The molecule has 0 aliphatic carbocycles. The first-order valence-corrected chi connectivity index (χ1v) is 6.39. The first-order valence-electron chi connectivity index (χ1n) is 4.55. The topological polar surface area (TPSA) is 145 Å². The molecule has 4 N–H and O–H groups in total. The lowest BCUT2D eigenvalue weighted by molar-refractivity contribution is 0.246. The molecule has 1 rings (SSSR count). The van der Waals surface area contributed by atoms with Crippen molar-refractivity contribution in [3.63, 3.8) is 0 Å². The number of hydrazine groups is 1. The van der Waals surface area contributed by atoms with Crippen LogP contribution >= 0.6 is 12.2 Å². The molecule has 102 valence electrons. The second kappa shape index (κ2) is 6.79. The maximum Gasteiger partial charge on any atom is 0.374 e. The van der Waals surface area contributed by atoms with E-state index in [0.29, 0.717) is 5.82 Å². The van der Waals surface area contributed by atoms with Crippen molar-refractivity contribution in [2.45, 2.75) is 0 Å². The molecule has 1 aromatic heterocycles. The molecule has 12 heteroatoms. The highest BCUT2D eigenvalue weighted by atomic mass is 32.2. The molecule has 0 spiro atoms. The van der Waals surface area contributed by atoms with Crippen LogP contribution in [0.3, 0.4) is 0 Å². The van der Waals surface area contributed by atoms with E-state index >= 15 is 0 Å². The van der Waals surface area contributed by atoms with Gasteiger partial charge in [0, 0.05) is 6.20 Å². The number of aromatic nitrogens is 1. The van der Waals surface area contributed by atoms with Crippen molar-refractivity contribution in [2.24, 2.45) is 10.2 Å². The van der Waals surface area contributed by atoms with Crippen LogP contribution in [0.5, 0.6) is 0 Å². The maximum absolute atomic E-state index is 10.9. The van der Waals surface area contributed by atoms with Crippen LogP contribution in [0.1, 0.15) is 0 Å². The summed E-state index contributed by atoms with van der Waals surface area (Å²) in [4.78, 5) is 16.1. The molecule has 0 radical (unpaired) electrons. The van der Waals surface area contributed by atoms with E-state index in [1.165, 1.54) is 11.0 Å². The van der Waals surface area contributed by atoms with E-state index in [1.54, 1.807) is 23.6 Å². The summed E-state index contributed by atoms with van der Waals surface area (Å²) in [6.45, 7) is 0. The van der Waals surface area contributed by atoms with Gasteiger partial charge in [-0.05, 0) is 24.4 Å². The van der Waals surface area contributed by atoms with E-state index in [2.05, 4.69) is 20.5 Å². The van der Waals surface area contributed by atoms with Crippen molar-refractivity contribution in [1.29, 1.82) is 0 Å². The summed E-state index contributed by atoms with van der Waals surface area (Å²) in [7, 11) is -4.55. The Kier molecular flexibility index (Phi) is 5.37. The van der Waals surface area contributed by atoms with Crippen LogP contribution in [-0.2, 0) is 10.3 Å². The fraction of sp³-hybridized carbons (Fsp3) is 0. The van der Waals surface area contributed by atoms with Crippen molar-refractivity contribution in [3.05, 3.63) is 24.4 Å². The normalized spacial score (nSPS) is 11.2. The zero-order valence-electron chi connectivity index (χ0n) is 9.14. The number of hydrogen-bond acceptors (Lipinski definition) is 5. The molecule has 19 heavy (non-hydrogen) atoms. The number of thiocarbonyl (C=S) groups is 1. The Morgan fingerprint density at radius 2 is 2.11 bits per heavy atom. The fourth-order valence-electron chi connectivity index (χ4n) is 0.795. The molecule has 0 atom stereocenters. The van der Waals surface area contributed by atoms with Crippen LogP contribution in [0.15, 0.2) is 34.6 Å². The van der Waals surface area contributed by atoms with Gasteiger partial charge in [-0.15, -0.1) is 9.95 Å². The summed E-state index contributed by atoms with van der Waals surface area (Å²) in [5.74, 6) is 0.405. The number of urea groups is 1. The first kappa shape index (κ1) is 15.0. The fourth-order valence-corrected chi connectivity index (χ4v) is 1.16. The zero-order valence-corrected chi connectivity index (χ0v) is 10.8. The largest absolute Gasteiger partial charge is 0.374 e. The lowest BCUT2D eigenvalue weighted by Crippen LogP contribution is -2.39. The van der Waals surface area contributed by atoms with Crippen molar-refractivity contribution in [1.82, 2.24) is 15.2 Å². The molecule has 0 aliphatic rings. The SMILES string of the molecule is O=C(N=NC(=S)Nc1ccccn1)NNS(=O)(=O)O.